The first-order valence-corrected chi connectivity index (χ1v) is 4.95. The van der Waals surface area contributed by atoms with Gasteiger partial charge in [-0.25, -0.2) is 0 Å². The number of hydrogen-bond acceptors (Lipinski definition) is 2. The predicted molar refractivity (Wildman–Crippen MR) is 58.7 cm³/mol. The molecule has 72 valence electrons. The summed E-state index contributed by atoms with van der Waals surface area (Å²) >= 11 is 0. The van der Waals surface area contributed by atoms with Gasteiger partial charge in [-0.05, 0) is 18.1 Å². The van der Waals surface area contributed by atoms with E-state index >= 15 is 0 Å². The minimum Gasteiger partial charge on any atom is -0.295 e. The van der Waals surface area contributed by atoms with Gasteiger partial charge in [0.15, 0.2) is 5.52 Å². The zero-order chi connectivity index (χ0) is 10.3. The summed E-state index contributed by atoms with van der Waals surface area (Å²) < 4.78 is 0. The molecule has 1 aromatic heterocycles. The molecule has 0 radical (unpaired) electrons. The summed E-state index contributed by atoms with van der Waals surface area (Å²) in [4.78, 5) is 14.6. The Balaban J connectivity index is 0.000000671. The maximum absolute atomic E-state index is 10.7. The third kappa shape index (κ3) is 5.48. The molecule has 0 bridgehead atoms. The van der Waals surface area contributed by atoms with E-state index in [1.54, 1.807) is 12.4 Å². The Kier molecular flexibility index (Phi) is 6.34. The summed E-state index contributed by atoms with van der Waals surface area (Å²) in [6.07, 6.45) is 3.95. The van der Waals surface area contributed by atoms with Crippen LogP contribution in [0.3, 0.4) is 0 Å². The van der Waals surface area contributed by atoms with Crippen molar-refractivity contribution in [3.05, 3.63) is 29.6 Å². The first kappa shape index (κ1) is 12.2. The van der Waals surface area contributed by atoms with E-state index in [0.717, 1.165) is 11.1 Å². The van der Waals surface area contributed by atoms with Crippen LogP contribution in [-0.2, 0) is 11.2 Å². The van der Waals surface area contributed by atoms with E-state index in [-0.39, 0.29) is 5.52 Å². The summed E-state index contributed by atoms with van der Waals surface area (Å²) in [6, 6.07) is 1.97. The Hall–Kier alpha value is -0.750. The lowest BCUT2D eigenvalue weighted by atomic mass is 10.2. The van der Waals surface area contributed by atoms with E-state index in [0.29, 0.717) is 6.42 Å². The summed E-state index contributed by atoms with van der Waals surface area (Å²) in [5.41, 5.74) is 2.16. The van der Waals surface area contributed by atoms with Gasteiger partial charge < -0.3 is 0 Å². The minimum absolute atomic E-state index is 0.0948. The van der Waals surface area contributed by atoms with Crippen molar-refractivity contribution >= 4 is 14.8 Å². The molecule has 1 heterocycles. The van der Waals surface area contributed by atoms with Crippen LogP contribution in [0.5, 0.6) is 0 Å². The van der Waals surface area contributed by atoms with E-state index in [9.17, 15) is 4.79 Å². The number of carbonyl (C=O) groups is 1. The van der Waals surface area contributed by atoms with Crippen molar-refractivity contribution in [1.82, 2.24) is 4.98 Å². The van der Waals surface area contributed by atoms with Gasteiger partial charge in [0, 0.05) is 18.8 Å². The highest BCUT2D eigenvalue weighted by molar-refractivity contribution is 7.40. The molecule has 2 nitrogen and oxygen atoms in total. The van der Waals surface area contributed by atoms with Crippen molar-refractivity contribution in [1.29, 1.82) is 0 Å². The van der Waals surface area contributed by atoms with Crippen LogP contribution < -0.4 is 0 Å². The van der Waals surface area contributed by atoms with E-state index < -0.39 is 0 Å². The first-order chi connectivity index (χ1) is 6.18. The second-order valence-corrected chi connectivity index (χ2v) is 3.16. The van der Waals surface area contributed by atoms with Crippen LogP contribution in [0.25, 0.3) is 0 Å². The van der Waals surface area contributed by atoms with E-state index in [1.165, 1.54) is 0 Å². The van der Waals surface area contributed by atoms with Crippen molar-refractivity contribution in [3.63, 3.8) is 0 Å². The van der Waals surface area contributed by atoms with E-state index in [1.807, 2.05) is 26.8 Å². The molecule has 0 saturated heterocycles. The normalized spacial score (nSPS) is 8.62. The smallest absolute Gasteiger partial charge is 0.152 e. The Morgan fingerprint density at radius 1 is 1.46 bits per heavy atom. The van der Waals surface area contributed by atoms with Crippen LogP contribution in [0.15, 0.2) is 18.5 Å². The van der Waals surface area contributed by atoms with Crippen molar-refractivity contribution in [2.75, 3.05) is 0 Å². The number of pyridine rings is 1. The van der Waals surface area contributed by atoms with Crippen LogP contribution in [0.4, 0.5) is 0 Å². The molecule has 0 aliphatic heterocycles. The van der Waals surface area contributed by atoms with Crippen molar-refractivity contribution < 1.29 is 4.79 Å². The van der Waals surface area contributed by atoms with Gasteiger partial charge in [0.2, 0.25) is 0 Å². The highest BCUT2D eigenvalue weighted by atomic mass is 31.0. The Labute approximate surface area is 82.0 Å². The molecular formula is C10H16NOP. The minimum atomic E-state index is 0.0948. The third-order valence-corrected chi connectivity index (χ3v) is 1.51. The maximum atomic E-state index is 10.7. The molecule has 0 N–H and O–H groups in total. The van der Waals surface area contributed by atoms with Crippen molar-refractivity contribution in [3.8, 4) is 0 Å². The standard InChI is InChI=1S/C8H10NOP.C2H6/c1-6-2-7(3-8(10)11)5-9-4-6;1-2/h2,4-5H,3,11H2,1H3;1-2H3. The molecule has 0 spiro atoms. The van der Waals surface area contributed by atoms with Gasteiger partial charge in [0.1, 0.15) is 0 Å². The van der Waals surface area contributed by atoms with Gasteiger partial charge in [-0.3, -0.25) is 9.78 Å². The quantitative estimate of drug-likeness (QED) is 0.681. The lowest BCUT2D eigenvalue weighted by Gasteiger charge is -1.96. The van der Waals surface area contributed by atoms with Gasteiger partial charge >= 0.3 is 0 Å². The lowest BCUT2D eigenvalue weighted by molar-refractivity contribution is -0.110. The number of hydrogen-bond donors (Lipinski definition) is 0. The van der Waals surface area contributed by atoms with Gasteiger partial charge in [-0.15, -0.1) is 0 Å². The second kappa shape index (κ2) is 6.73. The Bertz CT molecular complexity index is 273. The molecule has 0 amide bonds. The molecule has 1 unspecified atom stereocenters. The SMILES string of the molecule is CC.Cc1cncc(CC(=O)P)c1. The fourth-order valence-electron chi connectivity index (χ4n) is 0.915. The zero-order valence-corrected chi connectivity index (χ0v) is 9.53. The maximum Gasteiger partial charge on any atom is 0.152 e. The monoisotopic (exact) mass is 197 g/mol. The van der Waals surface area contributed by atoms with Gasteiger partial charge in [-0.1, -0.05) is 29.2 Å². The predicted octanol–water partition coefficient (Wildman–Crippen LogP) is 2.36. The molecule has 0 saturated carbocycles. The molecule has 0 aliphatic rings. The van der Waals surface area contributed by atoms with Gasteiger partial charge in [0.05, 0.1) is 0 Å². The van der Waals surface area contributed by atoms with E-state index in [2.05, 4.69) is 14.2 Å². The van der Waals surface area contributed by atoms with Crippen LogP contribution in [-0.4, -0.2) is 10.5 Å². The molecular weight excluding hydrogens is 181 g/mol. The fourth-order valence-corrected chi connectivity index (χ4v) is 1.15. The number of aromatic nitrogens is 1. The highest BCUT2D eigenvalue weighted by Gasteiger charge is 1.96. The molecule has 0 aromatic carbocycles. The molecule has 3 heteroatoms. The molecule has 13 heavy (non-hydrogen) atoms. The average molecular weight is 197 g/mol. The van der Waals surface area contributed by atoms with Gasteiger partial charge in [0.25, 0.3) is 0 Å². The van der Waals surface area contributed by atoms with Crippen molar-refractivity contribution in [2.24, 2.45) is 0 Å². The Morgan fingerprint density at radius 2 is 2.08 bits per heavy atom. The van der Waals surface area contributed by atoms with Crippen LogP contribution >= 0.6 is 9.24 Å². The van der Waals surface area contributed by atoms with Crippen LogP contribution in [0.2, 0.25) is 0 Å². The van der Waals surface area contributed by atoms with Crippen LogP contribution in [0.1, 0.15) is 25.0 Å². The number of rotatable bonds is 2. The topological polar surface area (TPSA) is 30.0 Å². The van der Waals surface area contributed by atoms with Crippen LogP contribution in [0, 0.1) is 6.92 Å². The molecule has 1 atom stereocenters. The van der Waals surface area contributed by atoms with Gasteiger partial charge in [-0.2, -0.15) is 0 Å². The second-order valence-electron chi connectivity index (χ2n) is 2.51. The number of nitrogens with zero attached hydrogens (tertiary/aromatic N) is 1. The molecule has 1 rings (SSSR count). The summed E-state index contributed by atoms with van der Waals surface area (Å²) in [5.74, 6) is 0. The third-order valence-electron chi connectivity index (χ3n) is 1.31. The number of carbonyl (C=O) groups excluding carboxylic acids is 1. The zero-order valence-electron chi connectivity index (χ0n) is 8.37. The number of aryl methyl sites for hydroxylation is 1. The molecule has 0 aliphatic carbocycles. The first-order valence-electron chi connectivity index (χ1n) is 4.37. The highest BCUT2D eigenvalue weighted by Crippen LogP contribution is 2.04. The lowest BCUT2D eigenvalue weighted by Crippen LogP contribution is -1.93. The Morgan fingerprint density at radius 3 is 2.54 bits per heavy atom. The average Bonchev–Trinajstić information content (AvgIpc) is 2.06. The van der Waals surface area contributed by atoms with E-state index in [4.69, 9.17) is 0 Å². The largest absolute Gasteiger partial charge is 0.295 e. The molecule has 1 aromatic rings. The summed E-state index contributed by atoms with van der Waals surface area (Å²) in [7, 11) is 2.16. The molecule has 0 fully saturated rings. The summed E-state index contributed by atoms with van der Waals surface area (Å²) in [5, 5.41) is 0. The summed E-state index contributed by atoms with van der Waals surface area (Å²) in [6.45, 7) is 5.96. The fraction of sp³-hybridized carbons (Fsp3) is 0.400. The van der Waals surface area contributed by atoms with Crippen molar-refractivity contribution in [2.45, 2.75) is 27.2 Å².